The summed E-state index contributed by atoms with van der Waals surface area (Å²) < 4.78 is 5.18. The van der Waals surface area contributed by atoms with Crippen molar-refractivity contribution in [3.8, 4) is 0 Å². The SMILES string of the molecule is C=CC(=O)OC[C@]1(C)C[C@H]1[C@@H](C)c1ccccc1. The Kier molecular flexibility index (Phi) is 3.55. The molecule has 2 heteroatoms. The average molecular weight is 244 g/mol. The fourth-order valence-corrected chi connectivity index (χ4v) is 2.67. The van der Waals surface area contributed by atoms with Crippen molar-refractivity contribution >= 4 is 5.97 Å². The number of rotatable bonds is 5. The van der Waals surface area contributed by atoms with E-state index in [1.54, 1.807) is 0 Å². The summed E-state index contributed by atoms with van der Waals surface area (Å²) in [5.74, 6) is 0.783. The summed E-state index contributed by atoms with van der Waals surface area (Å²) in [6.45, 7) is 8.35. The normalized spacial score (nSPS) is 27.3. The van der Waals surface area contributed by atoms with Gasteiger partial charge in [0.25, 0.3) is 0 Å². The van der Waals surface area contributed by atoms with Gasteiger partial charge in [-0.3, -0.25) is 0 Å². The molecule has 0 heterocycles. The lowest BCUT2D eigenvalue weighted by atomic mass is 9.91. The number of hydrogen-bond acceptors (Lipinski definition) is 2. The van der Waals surface area contributed by atoms with Crippen LogP contribution in [0.2, 0.25) is 0 Å². The van der Waals surface area contributed by atoms with E-state index in [9.17, 15) is 4.79 Å². The van der Waals surface area contributed by atoms with Gasteiger partial charge in [0, 0.05) is 11.5 Å². The first-order valence-electron chi connectivity index (χ1n) is 6.41. The summed E-state index contributed by atoms with van der Waals surface area (Å²) in [6, 6.07) is 10.5. The maximum atomic E-state index is 11.1. The van der Waals surface area contributed by atoms with E-state index >= 15 is 0 Å². The van der Waals surface area contributed by atoms with Crippen molar-refractivity contribution in [1.82, 2.24) is 0 Å². The summed E-state index contributed by atoms with van der Waals surface area (Å²) >= 11 is 0. The number of ether oxygens (including phenoxy) is 1. The van der Waals surface area contributed by atoms with E-state index in [-0.39, 0.29) is 11.4 Å². The second kappa shape index (κ2) is 4.97. The molecule has 2 nitrogen and oxygen atoms in total. The highest BCUT2D eigenvalue weighted by molar-refractivity contribution is 5.81. The molecule has 3 atom stereocenters. The third-order valence-corrected chi connectivity index (χ3v) is 4.06. The Morgan fingerprint density at radius 2 is 2.22 bits per heavy atom. The molecule has 0 aliphatic heterocycles. The summed E-state index contributed by atoms with van der Waals surface area (Å²) in [4.78, 5) is 11.1. The van der Waals surface area contributed by atoms with Crippen LogP contribution in [0.4, 0.5) is 0 Å². The maximum absolute atomic E-state index is 11.1. The first kappa shape index (κ1) is 12.9. The highest BCUT2D eigenvalue weighted by Crippen LogP contribution is 2.58. The number of carbonyl (C=O) groups is 1. The summed E-state index contributed by atoms with van der Waals surface area (Å²) in [5, 5.41) is 0. The third-order valence-electron chi connectivity index (χ3n) is 4.06. The van der Waals surface area contributed by atoms with Crippen molar-refractivity contribution in [1.29, 1.82) is 0 Å². The van der Waals surface area contributed by atoms with Gasteiger partial charge < -0.3 is 4.74 Å². The third kappa shape index (κ3) is 2.63. The predicted octanol–water partition coefficient (Wildman–Crippen LogP) is 3.55. The van der Waals surface area contributed by atoms with Crippen LogP contribution in [0.25, 0.3) is 0 Å². The summed E-state index contributed by atoms with van der Waals surface area (Å²) in [6.07, 6.45) is 2.34. The molecule has 1 aromatic rings. The zero-order valence-corrected chi connectivity index (χ0v) is 11.1. The van der Waals surface area contributed by atoms with Crippen LogP contribution in [-0.4, -0.2) is 12.6 Å². The molecule has 0 N–H and O–H groups in total. The standard InChI is InChI=1S/C16H20O2/c1-4-15(17)18-11-16(3)10-14(16)12(2)13-8-6-5-7-9-13/h4-9,12,14H,1,10-11H2,2-3H3/t12-,14-,16-/m0/s1. The highest BCUT2D eigenvalue weighted by atomic mass is 16.5. The van der Waals surface area contributed by atoms with Crippen molar-refractivity contribution < 1.29 is 9.53 Å². The molecule has 96 valence electrons. The van der Waals surface area contributed by atoms with Gasteiger partial charge in [-0.15, -0.1) is 0 Å². The molecule has 0 radical (unpaired) electrons. The van der Waals surface area contributed by atoms with Crippen LogP contribution in [-0.2, 0) is 9.53 Å². The molecule has 0 saturated heterocycles. The maximum Gasteiger partial charge on any atom is 0.330 e. The Balaban J connectivity index is 1.93. The van der Waals surface area contributed by atoms with Crippen LogP contribution in [0.3, 0.4) is 0 Å². The van der Waals surface area contributed by atoms with Gasteiger partial charge in [-0.1, -0.05) is 50.8 Å². The molecule has 2 rings (SSSR count). The minimum Gasteiger partial charge on any atom is -0.462 e. The highest BCUT2D eigenvalue weighted by Gasteiger charge is 2.53. The predicted molar refractivity (Wildman–Crippen MR) is 72.2 cm³/mol. The zero-order chi connectivity index (χ0) is 13.2. The van der Waals surface area contributed by atoms with Gasteiger partial charge in [0.1, 0.15) is 0 Å². The minimum atomic E-state index is -0.325. The second-order valence-corrected chi connectivity index (χ2v) is 5.48. The Morgan fingerprint density at radius 3 is 2.83 bits per heavy atom. The van der Waals surface area contributed by atoms with Crippen LogP contribution >= 0.6 is 0 Å². The molecular weight excluding hydrogens is 224 g/mol. The van der Waals surface area contributed by atoms with Gasteiger partial charge in [0.15, 0.2) is 0 Å². The van der Waals surface area contributed by atoms with E-state index in [0.29, 0.717) is 18.4 Å². The Labute approximate surface area is 109 Å². The largest absolute Gasteiger partial charge is 0.462 e. The van der Waals surface area contributed by atoms with E-state index < -0.39 is 0 Å². The number of hydrogen-bond donors (Lipinski definition) is 0. The van der Waals surface area contributed by atoms with Gasteiger partial charge in [0.05, 0.1) is 6.61 Å². The van der Waals surface area contributed by atoms with E-state index in [1.807, 2.05) is 6.07 Å². The van der Waals surface area contributed by atoms with Crippen LogP contribution in [0.1, 0.15) is 31.7 Å². The fraction of sp³-hybridized carbons (Fsp3) is 0.438. The molecule has 1 aromatic carbocycles. The lowest BCUT2D eigenvalue weighted by Crippen LogP contribution is -2.14. The van der Waals surface area contributed by atoms with E-state index in [4.69, 9.17) is 4.74 Å². The average Bonchev–Trinajstić information content (AvgIpc) is 3.09. The van der Waals surface area contributed by atoms with Gasteiger partial charge in [-0.05, 0) is 23.8 Å². The van der Waals surface area contributed by atoms with E-state index in [2.05, 4.69) is 44.7 Å². The molecule has 0 bridgehead atoms. The second-order valence-electron chi connectivity index (χ2n) is 5.48. The van der Waals surface area contributed by atoms with Crippen molar-refractivity contribution in [3.63, 3.8) is 0 Å². The first-order valence-corrected chi connectivity index (χ1v) is 6.41. The fourth-order valence-electron chi connectivity index (χ4n) is 2.67. The van der Waals surface area contributed by atoms with Crippen molar-refractivity contribution in [2.24, 2.45) is 11.3 Å². The molecule has 1 aliphatic carbocycles. The smallest absolute Gasteiger partial charge is 0.330 e. The first-order chi connectivity index (χ1) is 8.57. The van der Waals surface area contributed by atoms with Gasteiger partial charge >= 0.3 is 5.97 Å². The monoisotopic (exact) mass is 244 g/mol. The molecule has 1 aliphatic rings. The summed E-state index contributed by atoms with van der Waals surface area (Å²) in [7, 11) is 0. The Bertz CT molecular complexity index is 438. The molecule has 1 fully saturated rings. The van der Waals surface area contributed by atoms with Crippen LogP contribution in [0, 0.1) is 11.3 Å². The lowest BCUT2D eigenvalue weighted by molar-refractivity contribution is -0.139. The molecule has 0 unspecified atom stereocenters. The number of benzene rings is 1. The Hall–Kier alpha value is -1.57. The molecule has 0 aromatic heterocycles. The van der Waals surface area contributed by atoms with Crippen molar-refractivity contribution in [3.05, 3.63) is 48.6 Å². The van der Waals surface area contributed by atoms with Gasteiger partial charge in [0.2, 0.25) is 0 Å². The molecule has 0 spiro atoms. The molecule has 0 amide bonds. The van der Waals surface area contributed by atoms with E-state index in [0.717, 1.165) is 6.42 Å². The van der Waals surface area contributed by atoms with Crippen LogP contribution < -0.4 is 0 Å². The van der Waals surface area contributed by atoms with Gasteiger partial charge in [-0.2, -0.15) is 0 Å². The quantitative estimate of drug-likeness (QED) is 0.585. The van der Waals surface area contributed by atoms with Gasteiger partial charge in [-0.25, -0.2) is 4.79 Å². The number of carbonyl (C=O) groups excluding carboxylic acids is 1. The zero-order valence-electron chi connectivity index (χ0n) is 11.1. The molecule has 18 heavy (non-hydrogen) atoms. The molecular formula is C16H20O2. The topological polar surface area (TPSA) is 26.3 Å². The Morgan fingerprint density at radius 1 is 1.56 bits per heavy atom. The number of esters is 1. The van der Waals surface area contributed by atoms with Crippen LogP contribution in [0.15, 0.2) is 43.0 Å². The molecule has 1 saturated carbocycles. The van der Waals surface area contributed by atoms with Crippen LogP contribution in [0.5, 0.6) is 0 Å². The summed E-state index contributed by atoms with van der Waals surface area (Å²) in [5.41, 5.74) is 1.50. The van der Waals surface area contributed by atoms with E-state index in [1.165, 1.54) is 11.6 Å². The van der Waals surface area contributed by atoms with Crippen molar-refractivity contribution in [2.45, 2.75) is 26.2 Å². The minimum absolute atomic E-state index is 0.133. The lowest BCUT2D eigenvalue weighted by Gasteiger charge is -2.16. The van der Waals surface area contributed by atoms with Crippen molar-refractivity contribution in [2.75, 3.05) is 6.61 Å².